The molecule has 17 heavy (non-hydrogen) atoms. The molecule has 0 heterocycles. The molecule has 2 rings (SSSR count). The summed E-state index contributed by atoms with van der Waals surface area (Å²) in [7, 11) is 0. The third-order valence-corrected chi connectivity index (χ3v) is 5.39. The van der Waals surface area contributed by atoms with E-state index in [1.165, 1.54) is 6.42 Å². The average Bonchev–Trinajstić information content (AvgIpc) is 2.27. The molecule has 2 fully saturated rings. The summed E-state index contributed by atoms with van der Waals surface area (Å²) in [5, 5.41) is 19.8. The van der Waals surface area contributed by atoms with Gasteiger partial charge in [-0.25, -0.2) is 0 Å². The predicted octanol–water partition coefficient (Wildman–Crippen LogP) is 2.89. The van der Waals surface area contributed by atoms with Gasteiger partial charge < -0.3 is 10.2 Å². The van der Waals surface area contributed by atoms with Crippen LogP contribution in [0.2, 0.25) is 0 Å². The summed E-state index contributed by atoms with van der Waals surface area (Å²) in [5.74, 6) is 0.772. The number of hydrogen-bond donors (Lipinski definition) is 2. The molecule has 0 spiro atoms. The molecule has 2 N–H and O–H groups in total. The Morgan fingerprint density at radius 2 is 2.00 bits per heavy atom. The van der Waals surface area contributed by atoms with E-state index in [-0.39, 0.29) is 6.61 Å². The maximum atomic E-state index is 10.6. The maximum Gasteiger partial charge on any atom is 0.0653 e. The molecular weight excluding hydrogens is 212 g/mol. The fourth-order valence-electron chi connectivity index (χ4n) is 4.19. The van der Waals surface area contributed by atoms with Crippen molar-refractivity contribution in [2.24, 2.45) is 17.3 Å². The van der Waals surface area contributed by atoms with Crippen molar-refractivity contribution < 1.29 is 10.2 Å². The molecule has 2 heteroatoms. The molecule has 0 amide bonds. The van der Waals surface area contributed by atoms with Crippen molar-refractivity contribution in [1.82, 2.24) is 0 Å². The number of hydrogen-bond acceptors (Lipinski definition) is 2. The van der Waals surface area contributed by atoms with Gasteiger partial charge in [-0.05, 0) is 61.9 Å². The average molecular weight is 238 g/mol. The SMILES string of the molecule is C=C(CO)[C@@H]1CC[C@@]2(C)CCC[C@@](C)(O)C2C1. The predicted molar refractivity (Wildman–Crippen MR) is 69.6 cm³/mol. The van der Waals surface area contributed by atoms with Crippen LogP contribution in [0.4, 0.5) is 0 Å². The van der Waals surface area contributed by atoms with Gasteiger partial charge in [0.15, 0.2) is 0 Å². The first kappa shape index (κ1) is 13.1. The Kier molecular flexibility index (Phi) is 3.39. The highest BCUT2D eigenvalue weighted by atomic mass is 16.3. The van der Waals surface area contributed by atoms with Gasteiger partial charge in [-0.1, -0.05) is 19.9 Å². The minimum atomic E-state index is -0.526. The Morgan fingerprint density at radius 1 is 1.29 bits per heavy atom. The summed E-state index contributed by atoms with van der Waals surface area (Å²) in [6, 6.07) is 0. The molecule has 0 aliphatic heterocycles. The van der Waals surface area contributed by atoms with Crippen LogP contribution in [0.1, 0.15) is 52.4 Å². The second-order valence-electron chi connectivity index (χ2n) is 6.71. The summed E-state index contributed by atoms with van der Waals surface area (Å²) >= 11 is 0. The lowest BCUT2D eigenvalue weighted by Gasteiger charge is -2.54. The number of aliphatic hydroxyl groups is 2. The van der Waals surface area contributed by atoms with Crippen LogP contribution in [0.3, 0.4) is 0 Å². The van der Waals surface area contributed by atoms with E-state index in [2.05, 4.69) is 13.5 Å². The van der Waals surface area contributed by atoms with E-state index in [1.54, 1.807) is 0 Å². The molecule has 2 nitrogen and oxygen atoms in total. The molecule has 2 aliphatic carbocycles. The molecule has 2 saturated carbocycles. The van der Waals surface area contributed by atoms with Gasteiger partial charge in [0, 0.05) is 0 Å². The van der Waals surface area contributed by atoms with Gasteiger partial charge in [0.1, 0.15) is 0 Å². The molecule has 0 saturated heterocycles. The zero-order valence-corrected chi connectivity index (χ0v) is 11.2. The lowest BCUT2D eigenvalue weighted by atomic mass is 9.53. The summed E-state index contributed by atoms with van der Waals surface area (Å²) in [4.78, 5) is 0. The van der Waals surface area contributed by atoms with Crippen molar-refractivity contribution in [3.8, 4) is 0 Å². The molecule has 0 radical (unpaired) electrons. The highest BCUT2D eigenvalue weighted by Gasteiger charge is 2.50. The van der Waals surface area contributed by atoms with E-state index in [0.717, 1.165) is 37.7 Å². The first-order valence-corrected chi connectivity index (χ1v) is 6.90. The standard InChI is InChI=1S/C15H26O2/c1-11(10-16)12-5-8-14(2)6-4-7-15(3,17)13(14)9-12/h12-13,16-17H,1,4-10H2,2-3H3/t12-,13?,14-,15-/m1/s1. The molecule has 0 aromatic rings. The van der Waals surface area contributed by atoms with Crippen LogP contribution in [0, 0.1) is 17.3 Å². The van der Waals surface area contributed by atoms with E-state index in [1.807, 2.05) is 6.92 Å². The summed E-state index contributed by atoms with van der Waals surface area (Å²) in [6.45, 7) is 8.40. The fraction of sp³-hybridized carbons (Fsp3) is 0.867. The molecule has 98 valence electrons. The minimum Gasteiger partial charge on any atom is -0.392 e. The third-order valence-electron chi connectivity index (χ3n) is 5.39. The third kappa shape index (κ3) is 2.30. The van der Waals surface area contributed by atoms with Crippen molar-refractivity contribution in [2.45, 2.75) is 58.0 Å². The normalized spacial score (nSPS) is 46.4. The number of rotatable bonds is 2. The van der Waals surface area contributed by atoms with Crippen LogP contribution in [0.5, 0.6) is 0 Å². The van der Waals surface area contributed by atoms with Crippen LogP contribution in [0.25, 0.3) is 0 Å². The van der Waals surface area contributed by atoms with Crippen molar-refractivity contribution in [2.75, 3.05) is 6.61 Å². The zero-order valence-electron chi connectivity index (χ0n) is 11.2. The van der Waals surface area contributed by atoms with Gasteiger partial charge in [0.25, 0.3) is 0 Å². The Bertz CT molecular complexity index is 308. The van der Waals surface area contributed by atoms with Gasteiger partial charge in [-0.2, -0.15) is 0 Å². The Morgan fingerprint density at radius 3 is 2.65 bits per heavy atom. The lowest BCUT2D eigenvalue weighted by molar-refractivity contribution is -0.120. The largest absolute Gasteiger partial charge is 0.392 e. The van der Waals surface area contributed by atoms with Crippen molar-refractivity contribution in [3.05, 3.63) is 12.2 Å². The van der Waals surface area contributed by atoms with Crippen molar-refractivity contribution >= 4 is 0 Å². The van der Waals surface area contributed by atoms with Crippen LogP contribution in [-0.4, -0.2) is 22.4 Å². The Balaban J connectivity index is 2.17. The first-order chi connectivity index (χ1) is 7.89. The van der Waals surface area contributed by atoms with Crippen LogP contribution in [-0.2, 0) is 0 Å². The smallest absolute Gasteiger partial charge is 0.0653 e. The molecule has 1 unspecified atom stereocenters. The minimum absolute atomic E-state index is 0.0935. The molecule has 0 aromatic heterocycles. The summed E-state index contributed by atoms with van der Waals surface area (Å²) < 4.78 is 0. The van der Waals surface area contributed by atoms with E-state index >= 15 is 0 Å². The molecule has 2 aliphatic rings. The highest BCUT2D eigenvalue weighted by molar-refractivity contribution is 5.09. The maximum absolute atomic E-state index is 10.6. The van der Waals surface area contributed by atoms with Gasteiger partial charge in [0.2, 0.25) is 0 Å². The molecule has 0 bridgehead atoms. The van der Waals surface area contributed by atoms with Crippen LogP contribution in [0.15, 0.2) is 12.2 Å². The van der Waals surface area contributed by atoms with Crippen molar-refractivity contribution in [1.29, 1.82) is 0 Å². The van der Waals surface area contributed by atoms with E-state index < -0.39 is 5.60 Å². The molecule has 0 aromatic carbocycles. The summed E-state index contributed by atoms with van der Waals surface area (Å²) in [5.41, 5.74) is 0.725. The second-order valence-corrected chi connectivity index (χ2v) is 6.71. The van der Waals surface area contributed by atoms with Crippen LogP contribution < -0.4 is 0 Å². The number of fused-ring (bicyclic) bond motifs is 1. The van der Waals surface area contributed by atoms with Gasteiger partial charge in [-0.15, -0.1) is 0 Å². The summed E-state index contributed by atoms with van der Waals surface area (Å²) in [6.07, 6.45) is 6.60. The Hall–Kier alpha value is -0.340. The first-order valence-electron chi connectivity index (χ1n) is 6.90. The van der Waals surface area contributed by atoms with Gasteiger partial charge >= 0.3 is 0 Å². The van der Waals surface area contributed by atoms with Crippen LogP contribution >= 0.6 is 0 Å². The molecular formula is C15H26O2. The van der Waals surface area contributed by atoms with E-state index in [4.69, 9.17) is 0 Å². The van der Waals surface area contributed by atoms with Crippen molar-refractivity contribution in [3.63, 3.8) is 0 Å². The highest BCUT2D eigenvalue weighted by Crippen LogP contribution is 2.56. The fourth-order valence-corrected chi connectivity index (χ4v) is 4.19. The lowest BCUT2D eigenvalue weighted by Crippen LogP contribution is -2.51. The van der Waals surface area contributed by atoms with Gasteiger partial charge in [0.05, 0.1) is 12.2 Å². The molecule has 4 atom stereocenters. The zero-order chi connectivity index (χ0) is 12.7. The van der Waals surface area contributed by atoms with E-state index in [9.17, 15) is 10.2 Å². The quantitative estimate of drug-likeness (QED) is 0.726. The monoisotopic (exact) mass is 238 g/mol. The number of aliphatic hydroxyl groups excluding tert-OH is 1. The van der Waals surface area contributed by atoms with E-state index in [0.29, 0.717) is 17.3 Å². The van der Waals surface area contributed by atoms with Gasteiger partial charge in [-0.3, -0.25) is 0 Å². The second kappa shape index (κ2) is 4.40. The topological polar surface area (TPSA) is 40.5 Å². The Labute approximate surface area is 105 Å².